The second-order valence-corrected chi connectivity index (χ2v) is 11.0. The lowest BCUT2D eigenvalue weighted by Crippen LogP contribution is -2.27. The van der Waals surface area contributed by atoms with Crippen LogP contribution < -0.4 is 20.8 Å². The molecule has 0 bridgehead atoms. The highest BCUT2D eigenvalue weighted by molar-refractivity contribution is 8.25. The zero-order valence-electron chi connectivity index (χ0n) is 16.0. The standard InChI is InChI=1S/C21H24N3OPS/c1-23(2)21-20(15-17(25-21)16-22-24(3)4)26(27,18-11-7-5-8-12-18)19-13-9-6-10-14-19/h5-16H,1-4H3/b22-16+. The monoisotopic (exact) mass is 397 g/mol. The van der Waals surface area contributed by atoms with E-state index in [4.69, 9.17) is 16.2 Å². The summed E-state index contributed by atoms with van der Waals surface area (Å²) >= 11 is 6.43. The SMILES string of the molecule is CN(C)/N=C/c1cc(P(=S)(c2ccccc2)c2ccccc2)c(N(C)C)o1. The molecule has 6 heteroatoms. The number of anilines is 1. The summed E-state index contributed by atoms with van der Waals surface area (Å²) in [6.45, 7) is 0. The molecule has 3 rings (SSSR count). The van der Waals surface area contributed by atoms with E-state index in [9.17, 15) is 0 Å². The second-order valence-electron chi connectivity index (χ2n) is 6.61. The maximum atomic E-state index is 6.43. The third-order valence-corrected chi connectivity index (χ3v) is 9.02. The Hall–Kier alpha value is -2.36. The summed E-state index contributed by atoms with van der Waals surface area (Å²) in [6.07, 6.45) is 1.73. The minimum absolute atomic E-state index is 0.698. The van der Waals surface area contributed by atoms with E-state index in [-0.39, 0.29) is 0 Å². The van der Waals surface area contributed by atoms with Gasteiger partial charge in [0.05, 0.1) is 11.5 Å². The van der Waals surface area contributed by atoms with Crippen LogP contribution in [0.3, 0.4) is 0 Å². The van der Waals surface area contributed by atoms with E-state index >= 15 is 0 Å². The number of nitrogens with zero attached hydrogens (tertiary/aromatic N) is 3. The molecule has 0 amide bonds. The number of rotatable bonds is 6. The largest absolute Gasteiger partial charge is 0.439 e. The highest BCUT2D eigenvalue weighted by Gasteiger charge is 2.31. The first kappa shape index (κ1) is 19.4. The maximum Gasteiger partial charge on any atom is 0.204 e. The van der Waals surface area contributed by atoms with E-state index in [1.807, 2.05) is 75.6 Å². The van der Waals surface area contributed by atoms with Crippen LogP contribution in [0.25, 0.3) is 0 Å². The van der Waals surface area contributed by atoms with Crippen molar-refractivity contribution in [3.63, 3.8) is 0 Å². The Labute approximate surface area is 166 Å². The average Bonchev–Trinajstić information content (AvgIpc) is 3.12. The molecule has 3 aromatic rings. The van der Waals surface area contributed by atoms with Crippen LogP contribution in [-0.4, -0.2) is 39.4 Å². The van der Waals surface area contributed by atoms with Gasteiger partial charge in [0.1, 0.15) is 5.76 Å². The number of hydrogen-bond acceptors (Lipinski definition) is 5. The quantitative estimate of drug-likeness (QED) is 0.364. The molecule has 4 nitrogen and oxygen atoms in total. The van der Waals surface area contributed by atoms with Crippen LogP contribution in [0, 0.1) is 0 Å². The van der Waals surface area contributed by atoms with Gasteiger partial charge in [-0.2, -0.15) is 5.10 Å². The molecule has 2 aromatic carbocycles. The van der Waals surface area contributed by atoms with Gasteiger partial charge < -0.3 is 14.3 Å². The molecule has 0 aliphatic carbocycles. The van der Waals surface area contributed by atoms with E-state index in [0.29, 0.717) is 5.76 Å². The topological polar surface area (TPSA) is 32.0 Å². The van der Waals surface area contributed by atoms with Crippen LogP contribution in [0.4, 0.5) is 5.88 Å². The fourth-order valence-electron chi connectivity index (χ4n) is 2.87. The molecular weight excluding hydrogens is 373 g/mol. The van der Waals surface area contributed by atoms with E-state index in [1.54, 1.807) is 11.2 Å². The summed E-state index contributed by atoms with van der Waals surface area (Å²) in [5.74, 6) is 1.48. The van der Waals surface area contributed by atoms with Gasteiger partial charge in [-0.15, -0.1) is 0 Å². The van der Waals surface area contributed by atoms with Gasteiger partial charge in [-0.05, 0) is 16.7 Å². The molecule has 0 saturated carbocycles. The summed E-state index contributed by atoms with van der Waals surface area (Å²) in [5, 5.41) is 9.38. The smallest absolute Gasteiger partial charge is 0.204 e. The minimum Gasteiger partial charge on any atom is -0.439 e. The zero-order chi connectivity index (χ0) is 19.4. The first-order valence-corrected chi connectivity index (χ1v) is 11.5. The number of benzene rings is 2. The van der Waals surface area contributed by atoms with Crippen LogP contribution in [0.1, 0.15) is 5.76 Å². The molecule has 0 N–H and O–H groups in total. The summed E-state index contributed by atoms with van der Waals surface area (Å²) in [4.78, 5) is 1.98. The Morgan fingerprint density at radius 1 is 0.889 bits per heavy atom. The van der Waals surface area contributed by atoms with Crippen molar-refractivity contribution in [3.8, 4) is 0 Å². The van der Waals surface area contributed by atoms with Crippen molar-refractivity contribution in [1.82, 2.24) is 5.01 Å². The lowest BCUT2D eigenvalue weighted by atomic mass is 10.4. The van der Waals surface area contributed by atoms with Crippen molar-refractivity contribution in [1.29, 1.82) is 0 Å². The Morgan fingerprint density at radius 2 is 1.41 bits per heavy atom. The summed E-state index contributed by atoms with van der Waals surface area (Å²) in [7, 11) is 7.72. The average molecular weight is 397 g/mol. The van der Waals surface area contributed by atoms with E-state index in [1.165, 1.54) is 0 Å². The van der Waals surface area contributed by atoms with Gasteiger partial charge in [-0.25, -0.2) is 0 Å². The molecule has 0 fully saturated rings. The Balaban J connectivity index is 2.26. The molecule has 0 radical (unpaired) electrons. The molecule has 27 heavy (non-hydrogen) atoms. The summed E-state index contributed by atoms with van der Waals surface area (Å²) < 4.78 is 6.13. The molecule has 140 valence electrons. The van der Waals surface area contributed by atoms with Crippen molar-refractivity contribution in [2.45, 2.75) is 0 Å². The second kappa shape index (κ2) is 8.12. The highest BCUT2D eigenvalue weighted by atomic mass is 32.4. The summed E-state index contributed by atoms with van der Waals surface area (Å²) in [6, 6.07) is 20.5. The number of hydrogen-bond donors (Lipinski definition) is 0. The zero-order valence-corrected chi connectivity index (χ0v) is 17.7. The minimum atomic E-state index is -2.27. The Kier molecular flexibility index (Phi) is 5.83. The molecule has 1 aromatic heterocycles. The highest BCUT2D eigenvalue weighted by Crippen LogP contribution is 2.46. The van der Waals surface area contributed by atoms with Crippen LogP contribution in [-0.2, 0) is 11.8 Å². The van der Waals surface area contributed by atoms with Crippen molar-refractivity contribution < 1.29 is 4.42 Å². The first-order valence-electron chi connectivity index (χ1n) is 8.67. The molecule has 0 saturated heterocycles. The van der Waals surface area contributed by atoms with Gasteiger partial charge in [0.2, 0.25) is 5.88 Å². The van der Waals surface area contributed by atoms with Crippen LogP contribution in [0.15, 0.2) is 76.2 Å². The predicted molar refractivity (Wildman–Crippen MR) is 120 cm³/mol. The number of furan rings is 1. The lowest BCUT2D eigenvalue weighted by Gasteiger charge is -2.25. The van der Waals surface area contributed by atoms with Gasteiger partial charge in [0.15, 0.2) is 0 Å². The van der Waals surface area contributed by atoms with Crippen molar-refractivity contribution in [2.24, 2.45) is 5.10 Å². The van der Waals surface area contributed by atoms with Gasteiger partial charge in [-0.1, -0.05) is 72.5 Å². The Morgan fingerprint density at radius 3 is 1.85 bits per heavy atom. The molecule has 0 aliphatic heterocycles. The van der Waals surface area contributed by atoms with Crippen molar-refractivity contribution in [2.75, 3.05) is 33.1 Å². The predicted octanol–water partition coefficient (Wildman–Crippen LogP) is 3.00. The van der Waals surface area contributed by atoms with Gasteiger partial charge in [-0.3, -0.25) is 0 Å². The van der Waals surface area contributed by atoms with Crippen molar-refractivity contribution >= 4 is 45.9 Å². The van der Waals surface area contributed by atoms with Crippen LogP contribution in [0.2, 0.25) is 0 Å². The first-order chi connectivity index (χ1) is 12.9. The van der Waals surface area contributed by atoms with E-state index < -0.39 is 6.04 Å². The lowest BCUT2D eigenvalue weighted by molar-refractivity contribution is 0.438. The molecule has 0 aliphatic rings. The van der Waals surface area contributed by atoms with E-state index in [0.717, 1.165) is 21.8 Å². The summed E-state index contributed by atoms with van der Waals surface area (Å²) in [5.41, 5.74) is 0. The fourth-order valence-corrected chi connectivity index (χ4v) is 6.86. The van der Waals surface area contributed by atoms with E-state index in [2.05, 4.69) is 29.4 Å². The fraction of sp³-hybridized carbons (Fsp3) is 0.190. The van der Waals surface area contributed by atoms with Crippen LogP contribution >= 0.6 is 6.04 Å². The van der Waals surface area contributed by atoms with Crippen LogP contribution in [0.5, 0.6) is 0 Å². The molecule has 1 heterocycles. The maximum absolute atomic E-state index is 6.43. The normalized spacial score (nSPS) is 11.7. The Bertz CT molecular complexity index is 922. The van der Waals surface area contributed by atoms with Gasteiger partial charge in [0, 0.05) is 34.2 Å². The van der Waals surface area contributed by atoms with Gasteiger partial charge in [0.25, 0.3) is 0 Å². The third-order valence-electron chi connectivity index (χ3n) is 4.11. The molecule has 0 atom stereocenters. The number of hydrazone groups is 1. The van der Waals surface area contributed by atoms with Crippen molar-refractivity contribution in [3.05, 3.63) is 72.5 Å². The molecule has 0 spiro atoms. The van der Waals surface area contributed by atoms with Gasteiger partial charge >= 0.3 is 0 Å². The third kappa shape index (κ3) is 4.00. The molecular formula is C21H24N3OPS. The molecule has 0 unspecified atom stereocenters.